The van der Waals surface area contributed by atoms with Crippen molar-refractivity contribution in [2.45, 2.75) is 25.7 Å². The number of rotatable bonds is 5. The Balaban J connectivity index is 1.43. The van der Waals surface area contributed by atoms with Crippen LogP contribution in [0.15, 0.2) is 0 Å². The van der Waals surface area contributed by atoms with Crippen LogP contribution in [0.5, 0.6) is 0 Å². The van der Waals surface area contributed by atoms with Crippen molar-refractivity contribution in [1.82, 2.24) is 10.2 Å². The maximum atomic E-state index is 5.57. The highest BCUT2D eigenvalue weighted by atomic mass is 16.5. The van der Waals surface area contributed by atoms with E-state index in [9.17, 15) is 0 Å². The molecule has 3 saturated heterocycles. The Bertz CT molecular complexity index is 269. The molecule has 19 heavy (non-hydrogen) atoms. The van der Waals surface area contributed by atoms with E-state index in [1.54, 1.807) is 0 Å². The van der Waals surface area contributed by atoms with Crippen molar-refractivity contribution in [2.75, 3.05) is 59.2 Å². The molecule has 0 aromatic heterocycles. The van der Waals surface area contributed by atoms with E-state index in [0.717, 1.165) is 45.4 Å². The largest absolute Gasteiger partial charge is 0.381 e. The molecular weight excluding hydrogens is 240 g/mol. The molecule has 0 aliphatic carbocycles. The summed E-state index contributed by atoms with van der Waals surface area (Å²) in [5, 5.41) is 3.42. The van der Waals surface area contributed by atoms with Gasteiger partial charge in [-0.15, -0.1) is 0 Å². The van der Waals surface area contributed by atoms with Gasteiger partial charge in [0.25, 0.3) is 0 Å². The van der Waals surface area contributed by atoms with Crippen LogP contribution in [-0.4, -0.2) is 64.1 Å². The highest BCUT2D eigenvalue weighted by molar-refractivity contribution is 4.93. The molecule has 1 N–H and O–H groups in total. The summed E-state index contributed by atoms with van der Waals surface area (Å²) in [5.74, 6) is 0.845. The highest BCUT2D eigenvalue weighted by Gasteiger charge is 2.45. The minimum absolute atomic E-state index is 0.498. The molecule has 3 aliphatic heterocycles. The Hall–Kier alpha value is -0.160. The van der Waals surface area contributed by atoms with Gasteiger partial charge >= 0.3 is 0 Å². The summed E-state index contributed by atoms with van der Waals surface area (Å²) in [4.78, 5) is 2.60. The van der Waals surface area contributed by atoms with Crippen LogP contribution in [0, 0.1) is 11.3 Å². The lowest BCUT2D eigenvalue weighted by molar-refractivity contribution is -0.167. The first-order valence-electron chi connectivity index (χ1n) is 7.98. The zero-order valence-electron chi connectivity index (χ0n) is 12.0. The SMILES string of the molecule is C(CN1CCNCC1)CC1(C2CCOCC2)COC1. The van der Waals surface area contributed by atoms with Crippen molar-refractivity contribution >= 4 is 0 Å². The summed E-state index contributed by atoms with van der Waals surface area (Å²) in [6, 6.07) is 0. The highest BCUT2D eigenvalue weighted by Crippen LogP contribution is 2.44. The Morgan fingerprint density at radius 2 is 1.79 bits per heavy atom. The van der Waals surface area contributed by atoms with Gasteiger partial charge in [-0.1, -0.05) is 0 Å². The number of nitrogens with zero attached hydrogens (tertiary/aromatic N) is 1. The lowest BCUT2D eigenvalue weighted by Gasteiger charge is -2.49. The molecule has 0 unspecified atom stereocenters. The van der Waals surface area contributed by atoms with Crippen molar-refractivity contribution in [3.8, 4) is 0 Å². The van der Waals surface area contributed by atoms with Gasteiger partial charge in [0.1, 0.15) is 0 Å². The van der Waals surface area contributed by atoms with E-state index < -0.39 is 0 Å². The Morgan fingerprint density at radius 1 is 1.05 bits per heavy atom. The predicted octanol–water partition coefficient (Wildman–Crippen LogP) is 1.12. The lowest BCUT2D eigenvalue weighted by Crippen LogP contribution is -2.50. The minimum atomic E-state index is 0.498. The van der Waals surface area contributed by atoms with Crippen molar-refractivity contribution < 1.29 is 9.47 Å². The topological polar surface area (TPSA) is 33.7 Å². The maximum Gasteiger partial charge on any atom is 0.0547 e. The van der Waals surface area contributed by atoms with Crippen molar-refractivity contribution in [1.29, 1.82) is 0 Å². The molecule has 0 atom stereocenters. The van der Waals surface area contributed by atoms with E-state index in [1.165, 1.54) is 45.3 Å². The van der Waals surface area contributed by atoms with Crippen LogP contribution < -0.4 is 5.32 Å². The molecule has 0 aromatic rings. The van der Waals surface area contributed by atoms with E-state index in [0.29, 0.717) is 5.41 Å². The zero-order chi connectivity index (χ0) is 13.0. The number of hydrogen-bond acceptors (Lipinski definition) is 4. The van der Waals surface area contributed by atoms with Crippen LogP contribution in [-0.2, 0) is 9.47 Å². The molecule has 4 heteroatoms. The van der Waals surface area contributed by atoms with E-state index in [1.807, 2.05) is 0 Å². The van der Waals surface area contributed by atoms with Gasteiger partial charge in [0, 0.05) is 44.8 Å². The molecule has 3 rings (SSSR count). The molecule has 0 aromatic carbocycles. The molecule has 110 valence electrons. The van der Waals surface area contributed by atoms with Crippen LogP contribution in [0.2, 0.25) is 0 Å². The third kappa shape index (κ3) is 3.30. The van der Waals surface area contributed by atoms with Gasteiger partial charge < -0.3 is 19.7 Å². The molecule has 3 fully saturated rings. The smallest absolute Gasteiger partial charge is 0.0547 e. The monoisotopic (exact) mass is 268 g/mol. The summed E-state index contributed by atoms with van der Waals surface area (Å²) in [5.41, 5.74) is 0.498. The second kappa shape index (κ2) is 6.53. The summed E-state index contributed by atoms with van der Waals surface area (Å²) in [6.07, 6.45) is 5.18. The number of nitrogens with one attached hydrogen (secondary N) is 1. The second-order valence-corrected chi connectivity index (χ2v) is 6.44. The molecule has 0 bridgehead atoms. The average molecular weight is 268 g/mol. The van der Waals surface area contributed by atoms with Gasteiger partial charge in [-0.2, -0.15) is 0 Å². The summed E-state index contributed by atoms with van der Waals surface area (Å²) in [7, 11) is 0. The number of hydrogen-bond donors (Lipinski definition) is 1. The van der Waals surface area contributed by atoms with Gasteiger partial charge in [0.15, 0.2) is 0 Å². The summed E-state index contributed by atoms with van der Waals surface area (Å²) < 4.78 is 11.1. The van der Waals surface area contributed by atoms with Crippen LogP contribution in [0.1, 0.15) is 25.7 Å². The molecule has 0 radical (unpaired) electrons. The van der Waals surface area contributed by atoms with E-state index >= 15 is 0 Å². The molecule has 0 saturated carbocycles. The maximum absolute atomic E-state index is 5.57. The third-order valence-electron chi connectivity index (χ3n) is 5.22. The van der Waals surface area contributed by atoms with Gasteiger partial charge in [-0.3, -0.25) is 0 Å². The molecule has 4 nitrogen and oxygen atoms in total. The lowest BCUT2D eigenvalue weighted by atomic mass is 9.67. The number of ether oxygens (including phenoxy) is 2. The molecular formula is C15H28N2O2. The fourth-order valence-corrected chi connectivity index (χ4v) is 3.85. The average Bonchev–Trinajstić information content (AvgIpc) is 2.44. The molecule has 3 aliphatic rings. The minimum Gasteiger partial charge on any atom is -0.381 e. The summed E-state index contributed by atoms with van der Waals surface area (Å²) >= 11 is 0. The molecule has 0 spiro atoms. The second-order valence-electron chi connectivity index (χ2n) is 6.44. The Labute approximate surface area is 116 Å². The van der Waals surface area contributed by atoms with Crippen molar-refractivity contribution in [3.63, 3.8) is 0 Å². The Kier molecular flexibility index (Phi) is 4.74. The van der Waals surface area contributed by atoms with Crippen molar-refractivity contribution in [2.24, 2.45) is 11.3 Å². The third-order valence-corrected chi connectivity index (χ3v) is 5.22. The van der Waals surface area contributed by atoms with E-state index in [2.05, 4.69) is 10.2 Å². The van der Waals surface area contributed by atoms with Crippen LogP contribution in [0.3, 0.4) is 0 Å². The van der Waals surface area contributed by atoms with E-state index in [4.69, 9.17) is 9.47 Å². The van der Waals surface area contributed by atoms with Gasteiger partial charge in [-0.05, 0) is 38.1 Å². The molecule has 0 amide bonds. The van der Waals surface area contributed by atoms with Crippen LogP contribution >= 0.6 is 0 Å². The quantitative estimate of drug-likeness (QED) is 0.810. The number of piperazine rings is 1. The van der Waals surface area contributed by atoms with Crippen LogP contribution in [0.4, 0.5) is 0 Å². The van der Waals surface area contributed by atoms with Crippen molar-refractivity contribution in [3.05, 3.63) is 0 Å². The Morgan fingerprint density at radius 3 is 2.42 bits per heavy atom. The van der Waals surface area contributed by atoms with E-state index in [-0.39, 0.29) is 0 Å². The summed E-state index contributed by atoms with van der Waals surface area (Å²) in [6.45, 7) is 9.96. The zero-order valence-corrected chi connectivity index (χ0v) is 12.0. The predicted molar refractivity (Wildman–Crippen MR) is 75.3 cm³/mol. The fourth-order valence-electron chi connectivity index (χ4n) is 3.85. The van der Waals surface area contributed by atoms with Gasteiger partial charge in [-0.25, -0.2) is 0 Å². The first kappa shape index (κ1) is 13.8. The fraction of sp³-hybridized carbons (Fsp3) is 1.00. The normalized spacial score (nSPS) is 29.1. The first-order chi connectivity index (χ1) is 9.39. The van der Waals surface area contributed by atoms with Crippen LogP contribution in [0.25, 0.3) is 0 Å². The van der Waals surface area contributed by atoms with Gasteiger partial charge in [0.2, 0.25) is 0 Å². The van der Waals surface area contributed by atoms with Gasteiger partial charge in [0.05, 0.1) is 13.2 Å². The first-order valence-corrected chi connectivity index (χ1v) is 7.98. The molecule has 3 heterocycles. The standard InChI is InChI=1S/C15H28N2O2/c1(7-17-8-5-16-6-9-17)4-15(12-19-13-15)14-2-10-18-11-3-14/h14,16H,1-13H2.